The number of hydrogen-bond donors (Lipinski definition) is 5. The van der Waals surface area contributed by atoms with E-state index in [1.165, 1.54) is 47.3 Å². The van der Waals surface area contributed by atoms with E-state index in [-0.39, 0.29) is 34.4 Å². The van der Waals surface area contributed by atoms with Gasteiger partial charge in [-0.1, -0.05) is 6.08 Å². The lowest BCUT2D eigenvalue weighted by atomic mass is 9.59. The first-order chi connectivity index (χ1) is 26.2. The van der Waals surface area contributed by atoms with Crippen molar-refractivity contribution >= 4 is 23.3 Å². The number of hydrogen-bond acceptors (Lipinski definition) is 17. The number of rotatable bonds is 7. The zero-order valence-corrected chi connectivity index (χ0v) is 33.0. The number of aliphatic hydroxyl groups is 4. The van der Waals surface area contributed by atoms with Gasteiger partial charge in [0.15, 0.2) is 17.9 Å². The van der Waals surface area contributed by atoms with Gasteiger partial charge in [0, 0.05) is 33.3 Å². The molecule has 3 aliphatic heterocycles. The molecule has 1 aromatic rings. The van der Waals surface area contributed by atoms with E-state index in [9.17, 15) is 39.9 Å². The Balaban J connectivity index is 1.37. The van der Waals surface area contributed by atoms with Gasteiger partial charge in [-0.25, -0.2) is 0 Å². The molecule has 3 fully saturated rings. The zero-order chi connectivity index (χ0) is 41.1. The molecule has 0 amide bonds. The Bertz CT molecular complexity index is 1890. The smallest absolute Gasteiger partial charge is 0.315 e. The number of esters is 1. The van der Waals surface area contributed by atoms with Crippen molar-refractivity contribution in [1.29, 1.82) is 0 Å². The van der Waals surface area contributed by atoms with Crippen LogP contribution < -0.4 is 4.74 Å². The van der Waals surface area contributed by atoms with E-state index in [4.69, 9.17) is 37.9 Å². The van der Waals surface area contributed by atoms with Crippen LogP contribution in [0.1, 0.15) is 55.6 Å². The molecule has 3 aliphatic carbocycles. The van der Waals surface area contributed by atoms with E-state index >= 15 is 0 Å². The van der Waals surface area contributed by atoms with Gasteiger partial charge in [0.1, 0.15) is 58.8 Å². The average Bonchev–Trinajstić information content (AvgIpc) is 3.12. The van der Waals surface area contributed by atoms with Crippen molar-refractivity contribution in [2.45, 2.75) is 106 Å². The maximum atomic E-state index is 14.9. The summed E-state index contributed by atoms with van der Waals surface area (Å²) in [6.07, 6.45) is -7.63. The molecular formula is C39H51NO16. The van der Waals surface area contributed by atoms with Gasteiger partial charge in [-0.05, 0) is 53.4 Å². The highest BCUT2D eigenvalue weighted by Gasteiger charge is 2.63. The monoisotopic (exact) mass is 789 g/mol. The van der Waals surface area contributed by atoms with Crippen LogP contribution in [-0.2, 0) is 48.3 Å². The van der Waals surface area contributed by atoms with Gasteiger partial charge < -0.3 is 68.3 Å². The summed E-state index contributed by atoms with van der Waals surface area (Å²) in [6.45, 7) is 6.45. The number of Topliss-reactive ketones (excluding diaryl/α,β-unsaturated/α-hetero) is 2. The second-order valence-corrected chi connectivity index (χ2v) is 16.3. The normalized spacial score (nSPS) is 42.9. The number of ether oxygens (including phenoxy) is 8. The number of carbonyl (C=O) groups excluding carboxylic acids is 3. The van der Waals surface area contributed by atoms with E-state index in [1.807, 2.05) is 0 Å². The third-order valence-corrected chi connectivity index (χ3v) is 12.9. The van der Waals surface area contributed by atoms with Crippen LogP contribution in [0.25, 0.3) is 5.76 Å². The molecule has 0 aromatic heterocycles. The zero-order valence-electron chi connectivity index (χ0n) is 33.0. The minimum absolute atomic E-state index is 0.0188. The molecule has 15 unspecified atom stereocenters. The van der Waals surface area contributed by atoms with Crippen LogP contribution in [0.3, 0.4) is 0 Å². The maximum absolute atomic E-state index is 14.9. The number of phenolic OH excluding ortho intramolecular Hbond substituents is 1. The number of aliphatic hydroxyl groups excluding tert-OH is 3. The van der Waals surface area contributed by atoms with Gasteiger partial charge in [-0.3, -0.25) is 14.4 Å². The first kappa shape index (κ1) is 40.7. The number of aromatic hydroxyl groups is 1. The van der Waals surface area contributed by atoms with Crippen LogP contribution in [0.15, 0.2) is 23.3 Å². The number of carbonyl (C=O) groups is 3. The molecule has 56 heavy (non-hydrogen) atoms. The Labute approximate surface area is 323 Å². The summed E-state index contributed by atoms with van der Waals surface area (Å²) in [7, 11) is 8.88. The van der Waals surface area contributed by atoms with Crippen LogP contribution in [0, 0.1) is 17.8 Å². The van der Waals surface area contributed by atoms with Crippen molar-refractivity contribution in [3.63, 3.8) is 0 Å². The van der Waals surface area contributed by atoms with Crippen molar-refractivity contribution in [1.82, 2.24) is 4.90 Å². The molecule has 308 valence electrons. The number of phenols is 1. The third kappa shape index (κ3) is 5.54. The molecule has 2 bridgehead atoms. The molecule has 7 rings (SSSR count). The minimum Gasteiger partial charge on any atom is -0.507 e. The van der Waals surface area contributed by atoms with Crippen molar-refractivity contribution in [3.8, 4) is 11.5 Å². The summed E-state index contributed by atoms with van der Waals surface area (Å²) in [6, 6.07) is 0.328. The number of nitrogens with zero attached hydrogens (tertiary/aromatic N) is 1. The first-order valence-corrected chi connectivity index (χ1v) is 18.5. The summed E-state index contributed by atoms with van der Waals surface area (Å²) < 4.78 is 47.5. The van der Waals surface area contributed by atoms with E-state index in [0.29, 0.717) is 0 Å². The lowest BCUT2D eigenvalue weighted by molar-refractivity contribution is -0.346. The van der Waals surface area contributed by atoms with Crippen LogP contribution >= 0.6 is 0 Å². The molecule has 1 saturated carbocycles. The van der Waals surface area contributed by atoms with Crippen molar-refractivity contribution in [2.75, 3.05) is 42.5 Å². The Hall–Kier alpha value is -3.49. The highest BCUT2D eigenvalue weighted by molar-refractivity contribution is 6.21. The van der Waals surface area contributed by atoms with E-state index in [1.54, 1.807) is 32.8 Å². The van der Waals surface area contributed by atoms with Crippen molar-refractivity contribution < 1.29 is 77.8 Å². The van der Waals surface area contributed by atoms with Crippen molar-refractivity contribution in [2.24, 2.45) is 17.8 Å². The summed E-state index contributed by atoms with van der Waals surface area (Å²) in [4.78, 5) is 44.8. The van der Waals surface area contributed by atoms with E-state index in [0.717, 1.165) is 7.11 Å². The molecule has 6 aliphatic rings. The highest BCUT2D eigenvalue weighted by Crippen LogP contribution is 2.57. The molecule has 17 nitrogen and oxygen atoms in total. The molecule has 1 aromatic carbocycles. The summed E-state index contributed by atoms with van der Waals surface area (Å²) in [5.74, 6) is -8.30. The number of allylic oxidation sites excluding steroid dienone is 2. The summed E-state index contributed by atoms with van der Waals surface area (Å²) in [5.41, 5.74) is -5.60. The van der Waals surface area contributed by atoms with E-state index in [2.05, 4.69) is 0 Å². The molecule has 0 radical (unpaired) electrons. The van der Waals surface area contributed by atoms with Gasteiger partial charge >= 0.3 is 5.97 Å². The second-order valence-electron chi connectivity index (χ2n) is 16.3. The number of likely N-dealkylation sites (N-methyl/N-ethyl adjacent to an activating group) is 1. The average molecular weight is 790 g/mol. The fourth-order valence-electron chi connectivity index (χ4n) is 10.1. The van der Waals surface area contributed by atoms with Gasteiger partial charge in [0.25, 0.3) is 0 Å². The summed E-state index contributed by atoms with van der Waals surface area (Å²) >= 11 is 0. The first-order valence-electron chi connectivity index (χ1n) is 18.5. The number of fused-ring (bicyclic) bond motifs is 8. The van der Waals surface area contributed by atoms with Gasteiger partial charge in [-0.2, -0.15) is 0 Å². The fraction of sp³-hybridized carbons (Fsp3) is 0.667. The van der Waals surface area contributed by atoms with Gasteiger partial charge in [-0.15, -0.1) is 0 Å². The molecule has 5 N–H and O–H groups in total. The number of methoxy groups -OCH3 is 4. The quantitative estimate of drug-likeness (QED) is 0.189. The molecule has 15 atom stereocenters. The Morgan fingerprint density at radius 1 is 0.982 bits per heavy atom. The Morgan fingerprint density at radius 3 is 2.23 bits per heavy atom. The minimum atomic E-state index is -1.89. The fourth-order valence-corrected chi connectivity index (χ4v) is 10.1. The SMILES string of the molecule is COC(=O)C1C2=CC3C(=O)c4c5c(cc(O)c4C(O)=C3C(=O)C2C(OC2OC(C)C(OC)C(C)(OC)C2OC)CC1(C)O)C1(C)OC(O5)C(O)C(N(C)C)C1O. The van der Waals surface area contributed by atoms with Crippen LogP contribution in [0.4, 0.5) is 0 Å². The Morgan fingerprint density at radius 2 is 1.64 bits per heavy atom. The maximum Gasteiger partial charge on any atom is 0.315 e. The molecule has 17 heteroatoms. The number of ketones is 2. The lowest BCUT2D eigenvalue weighted by Gasteiger charge is -2.54. The third-order valence-electron chi connectivity index (χ3n) is 12.9. The van der Waals surface area contributed by atoms with Crippen LogP contribution in [0.5, 0.6) is 11.5 Å². The standard InChI is InChI=1S/C39H51NO16/c1-14-32(49-7)39(4,52-10)33(50-8)36(53-14)54-19-13-37(2,48)24(34(47)51-9)15-11-16-21(27(43)20(15)19)28(44)22-18(41)12-17-30(23(22)26(16)42)55-35-29(45)25(40(5)6)31(46)38(17,3)56-35/h11-12,14,16,19-20,24-25,29,31-33,35-36,41,44-46,48H,13H2,1-10H3. The van der Waals surface area contributed by atoms with E-state index < -0.39 is 124 Å². The second kappa shape index (κ2) is 13.8. The predicted octanol–water partition coefficient (Wildman–Crippen LogP) is 0.724. The number of benzene rings is 1. The van der Waals surface area contributed by atoms with Crippen LogP contribution in [0.2, 0.25) is 0 Å². The largest absolute Gasteiger partial charge is 0.507 e. The molecule has 3 heterocycles. The molecular weight excluding hydrogens is 738 g/mol. The molecule has 0 spiro atoms. The lowest BCUT2D eigenvalue weighted by Crippen LogP contribution is -2.68. The van der Waals surface area contributed by atoms with Crippen LogP contribution in [-0.4, -0.2) is 157 Å². The topological polar surface area (TPSA) is 229 Å². The predicted molar refractivity (Wildman–Crippen MR) is 191 cm³/mol. The Kier molecular flexibility index (Phi) is 10.0. The molecule has 2 saturated heterocycles. The van der Waals surface area contributed by atoms with Gasteiger partial charge in [0.05, 0.1) is 59.5 Å². The summed E-state index contributed by atoms with van der Waals surface area (Å²) in [5, 5.41) is 58.2. The van der Waals surface area contributed by atoms with Gasteiger partial charge in [0.2, 0.25) is 6.29 Å². The highest BCUT2D eigenvalue weighted by atomic mass is 16.7. The van der Waals surface area contributed by atoms with Crippen molar-refractivity contribution in [3.05, 3.63) is 40.0 Å².